The van der Waals surface area contributed by atoms with Gasteiger partial charge in [-0.05, 0) is 54.0 Å². The van der Waals surface area contributed by atoms with Gasteiger partial charge in [-0.1, -0.05) is 103 Å². The highest BCUT2D eigenvalue weighted by molar-refractivity contribution is 5.74. The number of carbonyl (C=O) groups is 1. The Morgan fingerprint density at radius 3 is 1.45 bits per heavy atom. The molecule has 4 heteroatoms. The van der Waals surface area contributed by atoms with Gasteiger partial charge in [0, 0.05) is 23.7 Å². The summed E-state index contributed by atoms with van der Waals surface area (Å²) >= 11 is 0. The van der Waals surface area contributed by atoms with E-state index in [0.717, 1.165) is 25.8 Å². The van der Waals surface area contributed by atoms with Crippen molar-refractivity contribution in [3.63, 3.8) is 0 Å². The van der Waals surface area contributed by atoms with Crippen molar-refractivity contribution in [3.8, 4) is 0 Å². The number of nitrogens with one attached hydrogen (secondary N) is 2. The van der Waals surface area contributed by atoms with Gasteiger partial charge < -0.3 is 10.6 Å². The second kappa shape index (κ2) is 16.8. The van der Waals surface area contributed by atoms with Gasteiger partial charge in [0.1, 0.15) is 0 Å². The average molecular weight is 466 g/mol. The fraction of sp³-hybridized carbons (Fsp3) is 0.966. The van der Waals surface area contributed by atoms with Crippen molar-refractivity contribution in [2.24, 2.45) is 0 Å². The molecule has 0 spiro atoms. The lowest BCUT2D eigenvalue weighted by atomic mass is 9.77. The van der Waals surface area contributed by atoms with Crippen LogP contribution in [-0.2, 0) is 0 Å². The quantitative estimate of drug-likeness (QED) is 0.200. The van der Waals surface area contributed by atoms with E-state index in [0.29, 0.717) is 0 Å². The number of piperidine rings is 1. The SMILES string of the molecule is CCCCCCCCCCCCCCCCCCNC(=O)NC1CC(C)(C)N(C)C(C)(C)C1. The Labute approximate surface area is 207 Å². The molecule has 0 atom stereocenters. The van der Waals surface area contributed by atoms with Crippen molar-refractivity contribution in [3.05, 3.63) is 0 Å². The predicted octanol–water partition coefficient (Wildman–Crippen LogP) is 8.20. The molecule has 1 heterocycles. The number of amides is 2. The fourth-order valence-corrected chi connectivity index (χ4v) is 5.58. The third kappa shape index (κ3) is 13.6. The summed E-state index contributed by atoms with van der Waals surface area (Å²) < 4.78 is 0. The smallest absolute Gasteiger partial charge is 0.315 e. The number of carbonyl (C=O) groups excluding carboxylic acids is 1. The van der Waals surface area contributed by atoms with Crippen LogP contribution in [0.25, 0.3) is 0 Å². The standard InChI is InChI=1S/C29H59N3O/c1-7-8-9-10-11-12-13-14-15-16-17-18-19-20-21-22-23-30-27(33)31-26-24-28(2,3)32(6)29(4,5)25-26/h26H,7-25H2,1-6H3,(H2,30,31,33). The number of hydrogen-bond donors (Lipinski definition) is 2. The van der Waals surface area contributed by atoms with Gasteiger partial charge in [0.2, 0.25) is 0 Å². The first kappa shape index (κ1) is 30.3. The van der Waals surface area contributed by atoms with Gasteiger partial charge in [-0.2, -0.15) is 0 Å². The molecule has 0 aromatic carbocycles. The molecular weight excluding hydrogens is 406 g/mol. The molecule has 0 aromatic heterocycles. The molecule has 0 saturated carbocycles. The molecule has 0 aliphatic carbocycles. The Morgan fingerprint density at radius 2 is 1.06 bits per heavy atom. The number of unbranched alkanes of at least 4 members (excludes halogenated alkanes) is 15. The summed E-state index contributed by atoms with van der Waals surface area (Å²) in [6, 6.07) is 0.258. The molecule has 2 N–H and O–H groups in total. The molecule has 0 bridgehead atoms. The largest absolute Gasteiger partial charge is 0.338 e. The van der Waals surface area contributed by atoms with Crippen LogP contribution in [0.15, 0.2) is 0 Å². The van der Waals surface area contributed by atoms with Gasteiger partial charge in [0.05, 0.1) is 0 Å². The van der Waals surface area contributed by atoms with E-state index in [-0.39, 0.29) is 23.2 Å². The summed E-state index contributed by atoms with van der Waals surface area (Å²) in [6.07, 6.45) is 24.0. The Bertz CT molecular complexity index is 485. The first-order chi connectivity index (χ1) is 15.7. The zero-order valence-corrected chi connectivity index (χ0v) is 23.4. The molecule has 1 aliphatic rings. The highest BCUT2D eigenvalue weighted by Gasteiger charge is 2.43. The van der Waals surface area contributed by atoms with Crippen LogP contribution in [-0.4, -0.2) is 41.6 Å². The average Bonchev–Trinajstić information content (AvgIpc) is 2.73. The maximum absolute atomic E-state index is 12.3. The Balaban J connectivity index is 1.90. The molecule has 1 saturated heterocycles. The van der Waals surface area contributed by atoms with Gasteiger partial charge in [-0.3, -0.25) is 4.90 Å². The van der Waals surface area contributed by atoms with Gasteiger partial charge >= 0.3 is 6.03 Å². The highest BCUT2D eigenvalue weighted by Crippen LogP contribution is 2.36. The fourth-order valence-electron chi connectivity index (χ4n) is 5.58. The molecule has 4 nitrogen and oxygen atoms in total. The Morgan fingerprint density at radius 1 is 0.697 bits per heavy atom. The number of nitrogens with zero attached hydrogens (tertiary/aromatic N) is 1. The molecular formula is C29H59N3O. The lowest BCUT2D eigenvalue weighted by molar-refractivity contribution is -0.0158. The van der Waals surface area contributed by atoms with Crippen molar-refractivity contribution in [2.45, 2.75) is 167 Å². The van der Waals surface area contributed by atoms with Crippen molar-refractivity contribution >= 4 is 6.03 Å². The van der Waals surface area contributed by atoms with E-state index < -0.39 is 0 Å². The highest BCUT2D eigenvalue weighted by atomic mass is 16.2. The molecule has 1 fully saturated rings. The number of urea groups is 1. The molecule has 0 unspecified atom stereocenters. The van der Waals surface area contributed by atoms with E-state index in [1.165, 1.54) is 96.3 Å². The molecule has 33 heavy (non-hydrogen) atoms. The maximum atomic E-state index is 12.3. The minimum atomic E-state index is 0.0112. The van der Waals surface area contributed by atoms with E-state index in [1.54, 1.807) is 0 Å². The van der Waals surface area contributed by atoms with Crippen LogP contribution in [0, 0.1) is 0 Å². The first-order valence-electron chi connectivity index (χ1n) is 14.5. The number of likely N-dealkylation sites (tertiary alicyclic amines) is 1. The van der Waals surface area contributed by atoms with E-state index in [9.17, 15) is 4.79 Å². The van der Waals surface area contributed by atoms with Gasteiger partial charge in [0.25, 0.3) is 0 Å². The third-order valence-corrected chi connectivity index (χ3v) is 7.96. The summed E-state index contributed by atoms with van der Waals surface area (Å²) in [6.45, 7) is 12.2. The van der Waals surface area contributed by atoms with Gasteiger partial charge in [-0.15, -0.1) is 0 Å². The number of hydrogen-bond acceptors (Lipinski definition) is 2. The van der Waals surface area contributed by atoms with E-state index in [1.807, 2.05) is 0 Å². The minimum absolute atomic E-state index is 0.0112. The van der Waals surface area contributed by atoms with E-state index in [2.05, 4.69) is 57.2 Å². The topological polar surface area (TPSA) is 44.4 Å². The van der Waals surface area contributed by atoms with Crippen LogP contribution < -0.4 is 10.6 Å². The lowest BCUT2D eigenvalue weighted by Gasteiger charge is -2.53. The summed E-state index contributed by atoms with van der Waals surface area (Å²) in [5.41, 5.74) is 0.209. The minimum Gasteiger partial charge on any atom is -0.338 e. The van der Waals surface area contributed by atoms with Crippen molar-refractivity contribution < 1.29 is 4.79 Å². The third-order valence-electron chi connectivity index (χ3n) is 7.96. The summed E-state index contributed by atoms with van der Waals surface area (Å²) in [4.78, 5) is 14.8. The zero-order valence-electron chi connectivity index (χ0n) is 23.4. The van der Waals surface area contributed by atoms with Crippen LogP contribution in [0.4, 0.5) is 4.79 Å². The monoisotopic (exact) mass is 465 g/mol. The number of rotatable bonds is 18. The summed E-state index contributed by atoms with van der Waals surface area (Å²) in [5.74, 6) is 0. The van der Waals surface area contributed by atoms with Gasteiger partial charge in [0.15, 0.2) is 0 Å². The molecule has 0 radical (unpaired) electrons. The van der Waals surface area contributed by atoms with Crippen LogP contribution in [0.1, 0.15) is 150 Å². The molecule has 0 aromatic rings. The van der Waals surface area contributed by atoms with Crippen LogP contribution in [0.3, 0.4) is 0 Å². The summed E-state index contributed by atoms with van der Waals surface area (Å²) in [5, 5.41) is 6.31. The normalized spacial score (nSPS) is 18.4. The second-order valence-electron chi connectivity index (χ2n) is 12.0. The molecule has 2 amide bonds. The first-order valence-corrected chi connectivity index (χ1v) is 14.5. The Kier molecular flexibility index (Phi) is 15.4. The molecule has 1 aliphatic heterocycles. The van der Waals surface area contributed by atoms with Crippen molar-refractivity contribution in [1.82, 2.24) is 15.5 Å². The molecule has 196 valence electrons. The predicted molar refractivity (Wildman–Crippen MR) is 145 cm³/mol. The van der Waals surface area contributed by atoms with Crippen molar-refractivity contribution in [2.75, 3.05) is 13.6 Å². The van der Waals surface area contributed by atoms with Crippen LogP contribution in [0.2, 0.25) is 0 Å². The zero-order chi connectivity index (χ0) is 24.6. The second-order valence-corrected chi connectivity index (χ2v) is 12.0. The van der Waals surface area contributed by atoms with E-state index >= 15 is 0 Å². The molecule has 1 rings (SSSR count). The van der Waals surface area contributed by atoms with Crippen molar-refractivity contribution in [1.29, 1.82) is 0 Å². The summed E-state index contributed by atoms with van der Waals surface area (Å²) in [7, 11) is 2.20. The lowest BCUT2D eigenvalue weighted by Crippen LogP contribution is -2.63. The van der Waals surface area contributed by atoms with Crippen LogP contribution >= 0.6 is 0 Å². The maximum Gasteiger partial charge on any atom is 0.315 e. The Hall–Kier alpha value is -0.770. The van der Waals surface area contributed by atoms with Crippen LogP contribution in [0.5, 0.6) is 0 Å². The van der Waals surface area contributed by atoms with E-state index in [4.69, 9.17) is 0 Å². The van der Waals surface area contributed by atoms with Gasteiger partial charge in [-0.25, -0.2) is 4.79 Å².